The minimum atomic E-state index is 0.0563. The summed E-state index contributed by atoms with van der Waals surface area (Å²) in [4.78, 5) is 8.59. The molecule has 2 N–H and O–H groups in total. The van der Waals surface area contributed by atoms with Gasteiger partial charge in [-0.3, -0.25) is 4.98 Å². The summed E-state index contributed by atoms with van der Waals surface area (Å²) in [5, 5.41) is 0. The molecule has 0 aliphatic heterocycles. The van der Waals surface area contributed by atoms with Gasteiger partial charge in [-0.2, -0.15) is 0 Å². The molecule has 5 heteroatoms. The number of para-hydroxylation sites is 1. The molecule has 0 saturated heterocycles. The van der Waals surface area contributed by atoms with Gasteiger partial charge in [0.2, 0.25) is 5.95 Å². The van der Waals surface area contributed by atoms with E-state index in [0.717, 1.165) is 22.3 Å². The van der Waals surface area contributed by atoms with E-state index in [1.54, 1.807) is 13.3 Å². The fourth-order valence-electron chi connectivity index (χ4n) is 2.45. The molecular weight excluding hydrogens is 252 g/mol. The van der Waals surface area contributed by atoms with Gasteiger partial charge < -0.3 is 15.0 Å². The van der Waals surface area contributed by atoms with Crippen LogP contribution in [-0.4, -0.2) is 21.6 Å². The maximum absolute atomic E-state index is 6.09. The molecule has 0 radical (unpaired) electrons. The Morgan fingerprint density at radius 2 is 2.10 bits per heavy atom. The highest BCUT2D eigenvalue weighted by Gasteiger charge is 2.17. The first-order valence-electron chi connectivity index (χ1n) is 6.42. The molecule has 5 nitrogen and oxygen atoms in total. The van der Waals surface area contributed by atoms with E-state index in [1.165, 1.54) is 0 Å². The number of ether oxygens (including phenoxy) is 1. The second kappa shape index (κ2) is 4.85. The average molecular weight is 268 g/mol. The van der Waals surface area contributed by atoms with Crippen molar-refractivity contribution in [1.82, 2.24) is 14.5 Å². The molecule has 1 unspecified atom stereocenters. The monoisotopic (exact) mass is 268 g/mol. The lowest BCUT2D eigenvalue weighted by atomic mass is 10.1. The first-order valence-corrected chi connectivity index (χ1v) is 6.42. The Morgan fingerprint density at radius 3 is 2.80 bits per heavy atom. The SMILES string of the molecule is COc1cccc2c1nc(N)n2C(C)c1cccnc1. The predicted molar refractivity (Wildman–Crippen MR) is 78.7 cm³/mol. The zero-order valence-electron chi connectivity index (χ0n) is 11.4. The third-order valence-electron chi connectivity index (χ3n) is 3.48. The van der Waals surface area contributed by atoms with Crippen molar-refractivity contribution in [1.29, 1.82) is 0 Å². The van der Waals surface area contributed by atoms with Crippen LogP contribution in [0.15, 0.2) is 42.7 Å². The molecule has 0 aliphatic rings. The Morgan fingerprint density at radius 1 is 1.25 bits per heavy atom. The zero-order valence-corrected chi connectivity index (χ0v) is 11.4. The summed E-state index contributed by atoms with van der Waals surface area (Å²) in [7, 11) is 1.63. The Hall–Kier alpha value is -2.56. The van der Waals surface area contributed by atoms with Crippen LogP contribution >= 0.6 is 0 Å². The molecule has 0 aliphatic carbocycles. The number of hydrogen-bond donors (Lipinski definition) is 1. The lowest BCUT2D eigenvalue weighted by molar-refractivity contribution is 0.419. The summed E-state index contributed by atoms with van der Waals surface area (Å²) < 4.78 is 7.33. The van der Waals surface area contributed by atoms with Crippen molar-refractivity contribution in [3.63, 3.8) is 0 Å². The van der Waals surface area contributed by atoms with E-state index < -0.39 is 0 Å². The normalized spacial score (nSPS) is 12.5. The van der Waals surface area contributed by atoms with E-state index in [4.69, 9.17) is 10.5 Å². The molecule has 0 amide bonds. The molecule has 20 heavy (non-hydrogen) atoms. The van der Waals surface area contributed by atoms with E-state index in [9.17, 15) is 0 Å². The van der Waals surface area contributed by atoms with Gasteiger partial charge in [0.15, 0.2) is 0 Å². The number of hydrogen-bond acceptors (Lipinski definition) is 4. The summed E-state index contributed by atoms with van der Waals surface area (Å²) in [5.74, 6) is 1.20. The highest BCUT2D eigenvalue weighted by molar-refractivity contribution is 5.84. The molecule has 1 aromatic carbocycles. The number of benzene rings is 1. The van der Waals surface area contributed by atoms with Crippen molar-refractivity contribution in [2.75, 3.05) is 12.8 Å². The predicted octanol–water partition coefficient (Wildman–Crippen LogP) is 2.63. The van der Waals surface area contributed by atoms with Crippen LogP contribution in [0.25, 0.3) is 11.0 Å². The first kappa shape index (κ1) is 12.5. The van der Waals surface area contributed by atoms with Crippen molar-refractivity contribution in [3.8, 4) is 5.75 Å². The number of nitrogens with two attached hydrogens (primary N) is 1. The average Bonchev–Trinajstić information content (AvgIpc) is 2.83. The molecule has 102 valence electrons. The van der Waals surface area contributed by atoms with E-state index in [0.29, 0.717) is 5.95 Å². The highest BCUT2D eigenvalue weighted by Crippen LogP contribution is 2.31. The Bertz CT molecular complexity index is 736. The molecule has 0 bridgehead atoms. The van der Waals surface area contributed by atoms with E-state index in [1.807, 2.05) is 41.1 Å². The summed E-state index contributed by atoms with van der Waals surface area (Å²) >= 11 is 0. The van der Waals surface area contributed by atoms with Gasteiger partial charge in [-0.15, -0.1) is 0 Å². The molecular formula is C15H16N4O. The standard InChI is InChI=1S/C15H16N4O/c1-10(11-5-4-8-17-9-11)19-12-6-3-7-13(20-2)14(12)18-15(19)16/h3-10H,1-2H3,(H2,16,18). The van der Waals surface area contributed by atoms with Gasteiger partial charge in [0.25, 0.3) is 0 Å². The van der Waals surface area contributed by atoms with Crippen LogP contribution < -0.4 is 10.5 Å². The van der Waals surface area contributed by atoms with Crippen molar-refractivity contribution < 1.29 is 4.74 Å². The van der Waals surface area contributed by atoms with E-state index >= 15 is 0 Å². The minimum absolute atomic E-state index is 0.0563. The Labute approximate surface area is 117 Å². The van der Waals surface area contributed by atoms with Gasteiger partial charge in [0.05, 0.1) is 18.7 Å². The number of aromatic nitrogens is 3. The third kappa shape index (κ3) is 1.87. The Balaban J connectivity index is 2.19. The lowest BCUT2D eigenvalue weighted by Crippen LogP contribution is -2.10. The second-order valence-electron chi connectivity index (χ2n) is 4.63. The van der Waals surface area contributed by atoms with Gasteiger partial charge >= 0.3 is 0 Å². The van der Waals surface area contributed by atoms with Crippen LogP contribution in [0.3, 0.4) is 0 Å². The number of nitrogens with zero attached hydrogens (tertiary/aromatic N) is 3. The highest BCUT2D eigenvalue weighted by atomic mass is 16.5. The molecule has 2 heterocycles. The smallest absolute Gasteiger partial charge is 0.201 e. The third-order valence-corrected chi connectivity index (χ3v) is 3.48. The maximum atomic E-state index is 6.09. The maximum Gasteiger partial charge on any atom is 0.201 e. The number of pyridine rings is 1. The van der Waals surface area contributed by atoms with Gasteiger partial charge in [0.1, 0.15) is 11.3 Å². The van der Waals surface area contributed by atoms with Gasteiger partial charge in [-0.25, -0.2) is 4.98 Å². The van der Waals surface area contributed by atoms with Crippen molar-refractivity contribution in [2.24, 2.45) is 0 Å². The number of imidazole rings is 1. The quantitative estimate of drug-likeness (QED) is 0.793. The molecule has 2 aromatic heterocycles. The summed E-state index contributed by atoms with van der Waals surface area (Å²) in [6.07, 6.45) is 3.60. The van der Waals surface area contributed by atoms with E-state index in [-0.39, 0.29) is 6.04 Å². The number of methoxy groups -OCH3 is 1. The van der Waals surface area contributed by atoms with Crippen LogP contribution in [-0.2, 0) is 0 Å². The summed E-state index contributed by atoms with van der Waals surface area (Å²) in [6.45, 7) is 2.08. The van der Waals surface area contributed by atoms with Crippen molar-refractivity contribution >= 4 is 17.0 Å². The summed E-state index contributed by atoms with van der Waals surface area (Å²) in [5.41, 5.74) is 8.91. The van der Waals surface area contributed by atoms with Crippen LogP contribution in [0, 0.1) is 0 Å². The molecule has 3 aromatic rings. The van der Waals surface area contributed by atoms with E-state index in [2.05, 4.69) is 16.9 Å². The Kier molecular flexibility index (Phi) is 3.02. The molecule has 1 atom stereocenters. The van der Waals surface area contributed by atoms with Crippen molar-refractivity contribution in [3.05, 3.63) is 48.3 Å². The lowest BCUT2D eigenvalue weighted by Gasteiger charge is -2.16. The number of anilines is 1. The van der Waals surface area contributed by atoms with Crippen LogP contribution in [0.5, 0.6) is 5.75 Å². The minimum Gasteiger partial charge on any atom is -0.494 e. The largest absolute Gasteiger partial charge is 0.494 e. The number of rotatable bonds is 3. The van der Waals surface area contributed by atoms with Gasteiger partial charge in [-0.1, -0.05) is 12.1 Å². The van der Waals surface area contributed by atoms with Gasteiger partial charge in [0, 0.05) is 12.4 Å². The van der Waals surface area contributed by atoms with Crippen LogP contribution in [0.1, 0.15) is 18.5 Å². The fourth-order valence-corrected chi connectivity index (χ4v) is 2.45. The van der Waals surface area contributed by atoms with Crippen LogP contribution in [0.2, 0.25) is 0 Å². The molecule has 0 fully saturated rings. The van der Waals surface area contributed by atoms with Crippen LogP contribution in [0.4, 0.5) is 5.95 Å². The van der Waals surface area contributed by atoms with Gasteiger partial charge in [-0.05, 0) is 30.7 Å². The first-order chi connectivity index (χ1) is 9.72. The second-order valence-corrected chi connectivity index (χ2v) is 4.63. The molecule has 3 rings (SSSR count). The summed E-state index contributed by atoms with van der Waals surface area (Å²) in [6, 6.07) is 9.82. The topological polar surface area (TPSA) is 66.0 Å². The number of nitrogen functional groups attached to an aromatic ring is 1. The number of fused-ring (bicyclic) bond motifs is 1. The fraction of sp³-hybridized carbons (Fsp3) is 0.200. The zero-order chi connectivity index (χ0) is 14.1. The molecule has 0 spiro atoms. The molecule has 0 saturated carbocycles. The van der Waals surface area contributed by atoms with Crippen molar-refractivity contribution in [2.45, 2.75) is 13.0 Å².